The number of halogens is 1. The van der Waals surface area contributed by atoms with Crippen molar-refractivity contribution >= 4 is 52.8 Å². The zero-order valence-corrected chi connectivity index (χ0v) is 23.2. The molecule has 5 amide bonds. The first-order chi connectivity index (χ1) is 19.1. The maximum atomic E-state index is 13.3. The molecule has 2 N–H and O–H groups in total. The van der Waals surface area contributed by atoms with Gasteiger partial charge in [-0.1, -0.05) is 35.9 Å². The lowest BCUT2D eigenvalue weighted by atomic mass is 10.1. The van der Waals surface area contributed by atoms with Crippen molar-refractivity contribution in [1.29, 1.82) is 0 Å². The number of rotatable bonds is 8. The topological polar surface area (TPSA) is 114 Å². The van der Waals surface area contributed by atoms with Gasteiger partial charge in [0.15, 0.2) is 18.1 Å². The highest BCUT2D eigenvalue weighted by atomic mass is 35.5. The maximum absolute atomic E-state index is 13.3. The molecule has 10 heteroatoms. The predicted molar refractivity (Wildman–Crippen MR) is 153 cm³/mol. The Bertz CT molecular complexity index is 1550. The SMILES string of the molecule is CCOc1cc(/C=C2\C(=O)NC(=O)N(c3cc(Cl)ccc3C)C2=O)ccc1OCC(=O)Nc1cccc(C)c1C. The Hall–Kier alpha value is -4.63. The van der Waals surface area contributed by atoms with Gasteiger partial charge >= 0.3 is 6.03 Å². The molecule has 1 heterocycles. The van der Waals surface area contributed by atoms with Gasteiger partial charge in [-0.2, -0.15) is 0 Å². The molecule has 3 aromatic carbocycles. The van der Waals surface area contributed by atoms with E-state index in [1.54, 1.807) is 44.2 Å². The number of hydrogen-bond acceptors (Lipinski definition) is 6. The van der Waals surface area contributed by atoms with E-state index in [0.29, 0.717) is 39.9 Å². The standard InChI is InChI=1S/C30H28ClN3O6/c1-5-39-26-14-20(10-12-25(26)40-16-27(35)32-23-8-6-7-17(2)19(23)4)13-22-28(36)33-30(38)34(29(22)37)24-15-21(31)11-9-18(24)3/h6-15H,5,16H2,1-4H3,(H,32,35)(H,33,36,38)/b22-13+. The van der Waals surface area contributed by atoms with Gasteiger partial charge in [-0.15, -0.1) is 0 Å². The summed E-state index contributed by atoms with van der Waals surface area (Å²) < 4.78 is 11.4. The molecule has 3 aromatic rings. The van der Waals surface area contributed by atoms with Crippen LogP contribution in [0.2, 0.25) is 5.02 Å². The first-order valence-corrected chi connectivity index (χ1v) is 12.9. The van der Waals surface area contributed by atoms with Crippen LogP contribution in [0.25, 0.3) is 6.08 Å². The Balaban J connectivity index is 1.56. The summed E-state index contributed by atoms with van der Waals surface area (Å²) in [6.45, 7) is 7.45. The van der Waals surface area contributed by atoms with E-state index < -0.39 is 17.8 Å². The van der Waals surface area contributed by atoms with E-state index >= 15 is 0 Å². The van der Waals surface area contributed by atoms with Crippen LogP contribution in [0.5, 0.6) is 11.5 Å². The molecule has 206 valence electrons. The van der Waals surface area contributed by atoms with Crippen molar-refractivity contribution in [3.63, 3.8) is 0 Å². The third-order valence-corrected chi connectivity index (χ3v) is 6.56. The van der Waals surface area contributed by atoms with Crippen molar-refractivity contribution in [2.45, 2.75) is 27.7 Å². The second-order valence-corrected chi connectivity index (χ2v) is 9.55. The summed E-state index contributed by atoms with van der Waals surface area (Å²) in [5, 5.41) is 5.38. The monoisotopic (exact) mass is 561 g/mol. The molecule has 0 aliphatic carbocycles. The summed E-state index contributed by atoms with van der Waals surface area (Å²) in [4.78, 5) is 51.9. The fraction of sp³-hybridized carbons (Fsp3) is 0.200. The van der Waals surface area contributed by atoms with Crippen molar-refractivity contribution in [2.75, 3.05) is 23.4 Å². The van der Waals surface area contributed by atoms with E-state index in [4.69, 9.17) is 21.1 Å². The summed E-state index contributed by atoms with van der Waals surface area (Å²) in [6.07, 6.45) is 1.36. The fourth-order valence-corrected chi connectivity index (χ4v) is 4.25. The number of imide groups is 2. The lowest BCUT2D eigenvalue weighted by molar-refractivity contribution is -0.122. The highest BCUT2D eigenvalue weighted by Crippen LogP contribution is 2.31. The Morgan fingerprint density at radius 2 is 1.75 bits per heavy atom. The summed E-state index contributed by atoms with van der Waals surface area (Å²) in [6, 6.07) is 14.4. The van der Waals surface area contributed by atoms with Crippen LogP contribution in [0.4, 0.5) is 16.2 Å². The average Bonchev–Trinajstić information content (AvgIpc) is 2.91. The molecule has 40 heavy (non-hydrogen) atoms. The molecule has 0 aromatic heterocycles. The molecule has 1 fully saturated rings. The van der Waals surface area contributed by atoms with Gasteiger partial charge in [0.2, 0.25) is 0 Å². The highest BCUT2D eigenvalue weighted by molar-refractivity contribution is 6.39. The molecule has 1 saturated heterocycles. The van der Waals surface area contributed by atoms with Crippen molar-refractivity contribution in [2.24, 2.45) is 0 Å². The largest absolute Gasteiger partial charge is 0.490 e. The number of barbiturate groups is 1. The van der Waals surface area contributed by atoms with Gasteiger partial charge in [0, 0.05) is 10.7 Å². The predicted octanol–water partition coefficient (Wildman–Crippen LogP) is 5.35. The van der Waals surface area contributed by atoms with Crippen molar-refractivity contribution in [3.8, 4) is 11.5 Å². The van der Waals surface area contributed by atoms with Crippen LogP contribution in [0.15, 0.2) is 60.2 Å². The van der Waals surface area contributed by atoms with Crippen molar-refractivity contribution < 1.29 is 28.7 Å². The van der Waals surface area contributed by atoms with E-state index in [1.807, 2.05) is 32.0 Å². The number of anilines is 2. The minimum Gasteiger partial charge on any atom is -0.490 e. The second-order valence-electron chi connectivity index (χ2n) is 9.11. The third-order valence-electron chi connectivity index (χ3n) is 6.33. The fourth-order valence-electron chi connectivity index (χ4n) is 4.08. The Morgan fingerprint density at radius 3 is 2.50 bits per heavy atom. The Labute approximate surface area is 236 Å². The van der Waals surface area contributed by atoms with Gasteiger partial charge in [-0.25, -0.2) is 9.69 Å². The van der Waals surface area contributed by atoms with Crippen LogP contribution >= 0.6 is 11.6 Å². The molecule has 0 spiro atoms. The summed E-state index contributed by atoms with van der Waals surface area (Å²) in [5.41, 5.74) is 3.83. The quantitative estimate of drug-likeness (QED) is 0.283. The third kappa shape index (κ3) is 6.16. The smallest absolute Gasteiger partial charge is 0.335 e. The van der Waals surface area contributed by atoms with Gasteiger partial charge in [0.05, 0.1) is 12.3 Å². The number of carbonyl (C=O) groups excluding carboxylic acids is 4. The molecule has 1 aliphatic rings. The summed E-state index contributed by atoms with van der Waals surface area (Å²) in [5.74, 6) is -1.33. The Morgan fingerprint density at radius 1 is 0.975 bits per heavy atom. The highest BCUT2D eigenvalue weighted by Gasteiger charge is 2.37. The van der Waals surface area contributed by atoms with Crippen LogP contribution in [-0.4, -0.2) is 37.0 Å². The Kier molecular flexibility index (Phi) is 8.55. The van der Waals surface area contributed by atoms with E-state index in [2.05, 4.69) is 10.6 Å². The molecule has 0 radical (unpaired) electrons. The molecule has 0 unspecified atom stereocenters. The second kappa shape index (κ2) is 12.0. The van der Waals surface area contributed by atoms with Gasteiger partial charge < -0.3 is 14.8 Å². The van der Waals surface area contributed by atoms with Crippen LogP contribution in [0.3, 0.4) is 0 Å². The van der Waals surface area contributed by atoms with E-state index in [1.165, 1.54) is 12.1 Å². The van der Waals surface area contributed by atoms with Gasteiger partial charge in [0.1, 0.15) is 5.57 Å². The number of nitrogens with zero attached hydrogens (tertiary/aromatic N) is 1. The molecule has 0 saturated carbocycles. The summed E-state index contributed by atoms with van der Waals surface area (Å²) >= 11 is 6.08. The first kappa shape index (κ1) is 28.4. The minimum absolute atomic E-state index is 0.247. The minimum atomic E-state index is -0.865. The number of nitrogens with one attached hydrogen (secondary N) is 2. The average molecular weight is 562 g/mol. The number of ether oxygens (including phenoxy) is 2. The van der Waals surface area contributed by atoms with E-state index in [0.717, 1.165) is 16.0 Å². The van der Waals surface area contributed by atoms with E-state index in [-0.39, 0.29) is 23.8 Å². The molecule has 0 bridgehead atoms. The summed E-state index contributed by atoms with van der Waals surface area (Å²) in [7, 11) is 0. The normalized spacial score (nSPS) is 14.3. The molecule has 1 aliphatic heterocycles. The molecular weight excluding hydrogens is 534 g/mol. The van der Waals surface area contributed by atoms with Crippen LogP contribution in [0.1, 0.15) is 29.2 Å². The van der Waals surface area contributed by atoms with Gasteiger partial charge in [-0.3, -0.25) is 19.7 Å². The van der Waals surface area contributed by atoms with E-state index in [9.17, 15) is 19.2 Å². The van der Waals surface area contributed by atoms with Crippen molar-refractivity contribution in [1.82, 2.24) is 5.32 Å². The molecule has 4 rings (SSSR count). The number of hydrogen-bond donors (Lipinski definition) is 2. The van der Waals surface area contributed by atoms with Crippen LogP contribution in [0, 0.1) is 20.8 Å². The van der Waals surface area contributed by atoms with Crippen LogP contribution in [-0.2, 0) is 14.4 Å². The number of urea groups is 1. The lowest BCUT2D eigenvalue weighted by Gasteiger charge is -2.27. The van der Waals surface area contributed by atoms with Crippen LogP contribution < -0.4 is 25.0 Å². The lowest BCUT2D eigenvalue weighted by Crippen LogP contribution is -2.54. The molecule has 0 atom stereocenters. The zero-order chi connectivity index (χ0) is 29.0. The molecule has 9 nitrogen and oxygen atoms in total. The number of benzene rings is 3. The van der Waals surface area contributed by atoms with Gasteiger partial charge in [-0.05, 0) is 86.4 Å². The number of amides is 5. The first-order valence-electron chi connectivity index (χ1n) is 12.5. The van der Waals surface area contributed by atoms with Crippen molar-refractivity contribution in [3.05, 3.63) is 87.4 Å². The number of carbonyl (C=O) groups is 4. The zero-order valence-electron chi connectivity index (χ0n) is 22.5. The molecular formula is C30H28ClN3O6. The van der Waals surface area contributed by atoms with Gasteiger partial charge in [0.25, 0.3) is 17.7 Å². The maximum Gasteiger partial charge on any atom is 0.335 e. The number of aryl methyl sites for hydroxylation is 2.